The normalized spacial score (nSPS) is 32.1. The van der Waals surface area contributed by atoms with Crippen LogP contribution in [0.2, 0.25) is 0 Å². The molecule has 2 atom stereocenters. The highest BCUT2D eigenvalue weighted by atomic mass is 32.2. The van der Waals surface area contributed by atoms with E-state index in [1.807, 2.05) is 0 Å². The fraction of sp³-hybridized carbons (Fsp3) is 1.00. The zero-order valence-electron chi connectivity index (χ0n) is 8.84. The quantitative estimate of drug-likeness (QED) is 0.717. The molecule has 0 aromatic carbocycles. The molecule has 0 aromatic rings. The van der Waals surface area contributed by atoms with Crippen LogP contribution < -0.4 is 5.73 Å². The Bertz CT molecular complexity index is 170. The molecule has 1 saturated heterocycles. The van der Waals surface area contributed by atoms with E-state index >= 15 is 0 Å². The van der Waals surface area contributed by atoms with Gasteiger partial charge in [-0.15, -0.1) is 0 Å². The smallest absolute Gasteiger partial charge is 0.0895 e. The van der Waals surface area contributed by atoms with Crippen LogP contribution in [-0.2, 0) is 0 Å². The summed E-state index contributed by atoms with van der Waals surface area (Å²) >= 11 is 1.81. The van der Waals surface area contributed by atoms with E-state index in [0.717, 1.165) is 24.3 Å². The molecule has 0 bridgehead atoms. The summed E-state index contributed by atoms with van der Waals surface area (Å²) in [6.45, 7) is 6.49. The van der Waals surface area contributed by atoms with Crippen LogP contribution in [0.4, 0.5) is 0 Å². The van der Waals surface area contributed by atoms with Crippen molar-refractivity contribution < 1.29 is 5.11 Å². The second-order valence-corrected chi connectivity index (χ2v) is 6.38. The summed E-state index contributed by atoms with van der Waals surface area (Å²) in [5, 5.41) is 10.2. The molecule has 1 heterocycles. The Morgan fingerprint density at radius 3 is 2.54 bits per heavy atom. The van der Waals surface area contributed by atoms with Gasteiger partial charge in [0.1, 0.15) is 0 Å². The zero-order valence-corrected chi connectivity index (χ0v) is 9.66. The van der Waals surface area contributed by atoms with E-state index in [4.69, 9.17) is 5.73 Å². The van der Waals surface area contributed by atoms with Crippen molar-refractivity contribution in [3.8, 4) is 0 Å². The van der Waals surface area contributed by atoms with Gasteiger partial charge in [0.05, 0.1) is 5.60 Å². The highest BCUT2D eigenvalue weighted by Gasteiger charge is 2.39. The summed E-state index contributed by atoms with van der Waals surface area (Å²) in [6.07, 6.45) is 1.75. The minimum absolute atomic E-state index is 0.0671. The Labute approximate surface area is 85.3 Å². The molecule has 0 radical (unpaired) electrons. The van der Waals surface area contributed by atoms with Gasteiger partial charge >= 0.3 is 0 Å². The lowest BCUT2D eigenvalue weighted by molar-refractivity contribution is 0.0267. The molecule has 3 heteroatoms. The molecule has 1 aliphatic heterocycles. The topological polar surface area (TPSA) is 46.2 Å². The fourth-order valence-electron chi connectivity index (χ4n) is 1.71. The molecule has 78 valence electrons. The van der Waals surface area contributed by atoms with Gasteiger partial charge in [-0.3, -0.25) is 0 Å². The van der Waals surface area contributed by atoms with Crippen LogP contribution in [0.25, 0.3) is 0 Å². The zero-order chi connectivity index (χ0) is 10.1. The second kappa shape index (κ2) is 3.79. The van der Waals surface area contributed by atoms with E-state index in [-0.39, 0.29) is 11.5 Å². The molecule has 0 amide bonds. The van der Waals surface area contributed by atoms with Crippen LogP contribution in [-0.4, -0.2) is 28.3 Å². The van der Waals surface area contributed by atoms with E-state index < -0.39 is 5.60 Å². The number of hydrogen-bond acceptors (Lipinski definition) is 3. The van der Waals surface area contributed by atoms with Gasteiger partial charge in [-0.2, -0.15) is 11.8 Å². The first-order valence-corrected chi connectivity index (χ1v) is 6.05. The fourth-order valence-corrected chi connectivity index (χ4v) is 3.07. The van der Waals surface area contributed by atoms with Gasteiger partial charge in [-0.25, -0.2) is 0 Å². The minimum atomic E-state index is -0.599. The molecule has 2 unspecified atom stereocenters. The van der Waals surface area contributed by atoms with Crippen LogP contribution in [0, 0.1) is 5.41 Å². The van der Waals surface area contributed by atoms with Gasteiger partial charge in [0, 0.05) is 11.8 Å². The Kier molecular flexibility index (Phi) is 3.31. The van der Waals surface area contributed by atoms with Crippen molar-refractivity contribution in [2.24, 2.45) is 11.1 Å². The Balaban J connectivity index is 2.51. The average Bonchev–Trinajstić information content (AvgIpc) is 2.33. The summed E-state index contributed by atoms with van der Waals surface area (Å²) in [5.74, 6) is 1.86. The molecule has 0 saturated carbocycles. The molecule has 1 aliphatic rings. The summed E-state index contributed by atoms with van der Waals surface area (Å²) < 4.78 is 0. The number of nitrogens with two attached hydrogens (primary N) is 1. The van der Waals surface area contributed by atoms with Crippen molar-refractivity contribution in [1.82, 2.24) is 0 Å². The van der Waals surface area contributed by atoms with Crippen LogP contribution in [0.1, 0.15) is 33.6 Å². The Hall–Kier alpha value is 0.270. The van der Waals surface area contributed by atoms with E-state index in [0.29, 0.717) is 0 Å². The third kappa shape index (κ3) is 3.15. The molecule has 1 fully saturated rings. The minimum Gasteiger partial charge on any atom is -0.387 e. The Morgan fingerprint density at radius 1 is 1.54 bits per heavy atom. The molecule has 3 N–H and O–H groups in total. The van der Waals surface area contributed by atoms with E-state index in [1.165, 1.54) is 0 Å². The molecule has 0 aliphatic carbocycles. The van der Waals surface area contributed by atoms with Gasteiger partial charge < -0.3 is 10.8 Å². The number of hydrogen-bond donors (Lipinski definition) is 2. The summed E-state index contributed by atoms with van der Waals surface area (Å²) in [4.78, 5) is 0. The number of aliphatic hydroxyl groups is 1. The molecule has 1 rings (SSSR count). The molecule has 0 aromatic heterocycles. The van der Waals surface area contributed by atoms with E-state index in [2.05, 4.69) is 20.8 Å². The summed E-state index contributed by atoms with van der Waals surface area (Å²) in [5.41, 5.74) is 5.65. The van der Waals surface area contributed by atoms with Crippen molar-refractivity contribution in [3.05, 3.63) is 0 Å². The maximum absolute atomic E-state index is 10.2. The van der Waals surface area contributed by atoms with Gasteiger partial charge in [0.25, 0.3) is 0 Å². The molecular formula is C10H21NOS. The standard InChI is InChI=1S/C10H21NOS/c1-9(2,3)6-8(11)10(12)4-5-13-7-10/h8,12H,4-7,11H2,1-3H3. The molecule has 2 nitrogen and oxygen atoms in total. The van der Waals surface area contributed by atoms with Crippen molar-refractivity contribution in [2.75, 3.05) is 11.5 Å². The highest BCUT2D eigenvalue weighted by molar-refractivity contribution is 7.99. The first kappa shape index (κ1) is 11.3. The maximum Gasteiger partial charge on any atom is 0.0895 e. The van der Waals surface area contributed by atoms with Gasteiger partial charge in [-0.1, -0.05) is 20.8 Å². The molecule has 0 spiro atoms. The predicted molar refractivity (Wildman–Crippen MR) is 58.9 cm³/mol. The molecular weight excluding hydrogens is 182 g/mol. The van der Waals surface area contributed by atoms with Crippen molar-refractivity contribution in [1.29, 1.82) is 0 Å². The van der Waals surface area contributed by atoms with Crippen LogP contribution >= 0.6 is 11.8 Å². The lowest BCUT2D eigenvalue weighted by Crippen LogP contribution is -2.49. The first-order chi connectivity index (χ1) is 5.83. The Morgan fingerprint density at radius 2 is 2.15 bits per heavy atom. The van der Waals surface area contributed by atoms with E-state index in [9.17, 15) is 5.11 Å². The maximum atomic E-state index is 10.2. The van der Waals surface area contributed by atoms with Gasteiger partial charge in [0.2, 0.25) is 0 Å². The van der Waals surface area contributed by atoms with Crippen LogP contribution in [0.3, 0.4) is 0 Å². The average molecular weight is 203 g/mol. The van der Waals surface area contributed by atoms with Crippen molar-refractivity contribution >= 4 is 11.8 Å². The van der Waals surface area contributed by atoms with Gasteiger partial charge in [0.15, 0.2) is 0 Å². The first-order valence-electron chi connectivity index (χ1n) is 4.89. The number of thioether (sulfide) groups is 1. The highest BCUT2D eigenvalue weighted by Crippen LogP contribution is 2.34. The van der Waals surface area contributed by atoms with Crippen molar-refractivity contribution in [2.45, 2.75) is 45.3 Å². The third-order valence-electron chi connectivity index (χ3n) is 2.55. The second-order valence-electron chi connectivity index (χ2n) is 5.28. The van der Waals surface area contributed by atoms with Crippen LogP contribution in [0.15, 0.2) is 0 Å². The van der Waals surface area contributed by atoms with Crippen molar-refractivity contribution in [3.63, 3.8) is 0 Å². The number of rotatable bonds is 2. The lowest BCUT2D eigenvalue weighted by Gasteiger charge is -2.33. The SMILES string of the molecule is CC(C)(C)CC(N)C1(O)CCSC1. The van der Waals surface area contributed by atoms with E-state index in [1.54, 1.807) is 11.8 Å². The summed E-state index contributed by atoms with van der Waals surface area (Å²) in [7, 11) is 0. The third-order valence-corrected chi connectivity index (χ3v) is 3.75. The molecule has 13 heavy (non-hydrogen) atoms. The summed E-state index contributed by atoms with van der Waals surface area (Å²) in [6, 6.07) is -0.0671. The van der Waals surface area contributed by atoms with Crippen LogP contribution in [0.5, 0.6) is 0 Å². The largest absolute Gasteiger partial charge is 0.387 e. The lowest BCUT2D eigenvalue weighted by atomic mass is 9.81. The predicted octanol–water partition coefficient (Wildman–Crippen LogP) is 1.62. The monoisotopic (exact) mass is 203 g/mol. The van der Waals surface area contributed by atoms with Gasteiger partial charge in [-0.05, 0) is 24.0 Å².